The maximum absolute atomic E-state index is 6.83. The van der Waals surface area contributed by atoms with Crippen LogP contribution in [-0.2, 0) is 0 Å². The number of benzene rings is 2. The molecule has 0 heterocycles. The van der Waals surface area contributed by atoms with Gasteiger partial charge in [0.2, 0.25) is 0 Å². The SMILES string of the molecule is CC/C(C)=C1/C(=NSC)C(c2ccc(OCC(C)CC)cc2)=C(N)C(N)=C1c1ccc(OCC(C)C)cc1. The van der Waals surface area contributed by atoms with E-state index in [1.54, 1.807) is 0 Å². The van der Waals surface area contributed by atoms with Crippen molar-refractivity contribution >= 4 is 28.8 Å². The van der Waals surface area contributed by atoms with Gasteiger partial charge in [0.1, 0.15) is 11.5 Å². The van der Waals surface area contributed by atoms with Gasteiger partial charge >= 0.3 is 0 Å². The predicted molar refractivity (Wildman–Crippen MR) is 164 cm³/mol. The maximum atomic E-state index is 6.83. The highest BCUT2D eigenvalue weighted by Crippen LogP contribution is 2.42. The van der Waals surface area contributed by atoms with Crippen LogP contribution >= 0.6 is 11.9 Å². The van der Waals surface area contributed by atoms with Gasteiger partial charge in [0.15, 0.2) is 0 Å². The maximum Gasteiger partial charge on any atom is 0.119 e. The molecular weight excluding hydrogens is 490 g/mol. The summed E-state index contributed by atoms with van der Waals surface area (Å²) in [4.78, 5) is 0. The molecule has 5 nitrogen and oxygen atoms in total. The van der Waals surface area contributed by atoms with Crippen LogP contribution in [-0.4, -0.2) is 25.2 Å². The third kappa shape index (κ3) is 6.84. The van der Waals surface area contributed by atoms with Gasteiger partial charge in [-0.25, -0.2) is 4.40 Å². The topological polar surface area (TPSA) is 82.9 Å². The number of rotatable bonds is 11. The molecule has 0 bridgehead atoms. The fraction of sp³-hybridized carbons (Fsp3) is 0.406. The van der Waals surface area contributed by atoms with Gasteiger partial charge in [0, 0.05) is 23.0 Å². The molecule has 1 unspecified atom stereocenters. The Balaban J connectivity index is 2.11. The van der Waals surface area contributed by atoms with Gasteiger partial charge in [-0.05, 0) is 72.5 Å². The summed E-state index contributed by atoms with van der Waals surface area (Å²) < 4.78 is 16.8. The molecule has 1 aliphatic rings. The number of hydrogen-bond acceptors (Lipinski definition) is 6. The van der Waals surface area contributed by atoms with Crippen molar-refractivity contribution in [2.75, 3.05) is 19.5 Å². The van der Waals surface area contributed by atoms with Crippen LogP contribution in [0.4, 0.5) is 0 Å². The third-order valence-electron chi connectivity index (χ3n) is 6.79. The van der Waals surface area contributed by atoms with Crippen molar-refractivity contribution in [2.45, 2.75) is 54.4 Å². The van der Waals surface area contributed by atoms with E-state index in [0.717, 1.165) is 57.9 Å². The molecule has 0 aromatic heterocycles. The van der Waals surface area contributed by atoms with Gasteiger partial charge in [0.25, 0.3) is 0 Å². The van der Waals surface area contributed by atoms with Crippen LogP contribution in [0.15, 0.2) is 75.5 Å². The normalized spacial score (nSPS) is 17.3. The molecule has 0 fully saturated rings. The summed E-state index contributed by atoms with van der Waals surface area (Å²) in [6.07, 6.45) is 3.92. The lowest BCUT2D eigenvalue weighted by molar-refractivity contribution is 0.256. The summed E-state index contributed by atoms with van der Waals surface area (Å²) in [6.45, 7) is 14.3. The summed E-state index contributed by atoms with van der Waals surface area (Å²) in [6, 6.07) is 16.2. The average Bonchev–Trinajstić information content (AvgIpc) is 2.93. The Morgan fingerprint density at radius 1 is 0.816 bits per heavy atom. The van der Waals surface area contributed by atoms with Gasteiger partial charge in [0.05, 0.1) is 30.3 Å². The van der Waals surface area contributed by atoms with Gasteiger partial charge in [-0.1, -0.05) is 70.9 Å². The second kappa shape index (κ2) is 13.6. The smallest absolute Gasteiger partial charge is 0.119 e. The zero-order chi connectivity index (χ0) is 27.8. The quantitative estimate of drug-likeness (QED) is 0.290. The first-order chi connectivity index (χ1) is 18.2. The first-order valence-corrected chi connectivity index (χ1v) is 14.7. The molecule has 0 radical (unpaired) electrons. The van der Waals surface area contributed by atoms with Crippen LogP contribution in [0.1, 0.15) is 65.5 Å². The molecule has 0 saturated heterocycles. The second-order valence-electron chi connectivity index (χ2n) is 10.3. The predicted octanol–water partition coefficient (Wildman–Crippen LogP) is 7.65. The van der Waals surface area contributed by atoms with Gasteiger partial charge in [-0.15, -0.1) is 0 Å². The van der Waals surface area contributed by atoms with Crippen molar-refractivity contribution in [3.05, 3.63) is 82.2 Å². The third-order valence-corrected chi connectivity index (χ3v) is 7.16. The fourth-order valence-corrected chi connectivity index (χ4v) is 4.56. The molecule has 2 aromatic carbocycles. The fourth-order valence-electron chi connectivity index (χ4n) is 4.20. The lowest BCUT2D eigenvalue weighted by Crippen LogP contribution is -2.26. The van der Waals surface area contributed by atoms with Crippen molar-refractivity contribution in [3.8, 4) is 11.5 Å². The number of ether oxygens (including phenoxy) is 2. The lowest BCUT2D eigenvalue weighted by atomic mass is 9.79. The van der Waals surface area contributed by atoms with Crippen LogP contribution < -0.4 is 20.9 Å². The van der Waals surface area contributed by atoms with Crippen LogP contribution in [0.2, 0.25) is 0 Å². The highest BCUT2D eigenvalue weighted by atomic mass is 32.2. The molecular formula is C32H43N3O2S. The minimum atomic E-state index is 0.460. The number of nitrogens with zero attached hydrogens (tertiary/aromatic N) is 1. The highest BCUT2D eigenvalue weighted by Gasteiger charge is 2.31. The zero-order valence-corrected chi connectivity index (χ0v) is 24.7. The minimum absolute atomic E-state index is 0.460. The van der Waals surface area contributed by atoms with E-state index in [4.69, 9.17) is 25.3 Å². The highest BCUT2D eigenvalue weighted by molar-refractivity contribution is 7.97. The molecule has 6 heteroatoms. The molecule has 0 amide bonds. The molecule has 204 valence electrons. The van der Waals surface area contributed by atoms with Crippen LogP contribution in [0.3, 0.4) is 0 Å². The monoisotopic (exact) mass is 533 g/mol. The van der Waals surface area contributed by atoms with Crippen molar-refractivity contribution < 1.29 is 9.47 Å². The Hall–Kier alpha value is -3.12. The summed E-state index contributed by atoms with van der Waals surface area (Å²) in [5.74, 6) is 2.66. The molecule has 4 N–H and O–H groups in total. The Morgan fingerprint density at radius 3 is 1.79 bits per heavy atom. The Kier molecular flexibility index (Phi) is 10.5. The molecule has 0 aliphatic heterocycles. The summed E-state index contributed by atoms with van der Waals surface area (Å²) in [5, 5.41) is 0. The summed E-state index contributed by atoms with van der Waals surface area (Å²) in [7, 11) is 0. The molecule has 1 atom stereocenters. The Labute approximate surface area is 233 Å². The van der Waals surface area contributed by atoms with E-state index in [1.807, 2.05) is 42.7 Å². The van der Waals surface area contributed by atoms with Crippen molar-refractivity contribution in [2.24, 2.45) is 27.7 Å². The van der Waals surface area contributed by atoms with E-state index in [9.17, 15) is 0 Å². The molecule has 2 aromatic rings. The standard InChI is InChI=1S/C32H43N3O2S/c1-8-21(5)19-37-26-16-12-24(13-17-26)29-31(34)30(33)28(27(22(6)9-2)32(29)35-38-7)23-10-14-25(15-11-23)36-18-20(3)4/h10-17,20-21H,8-9,18-19,33-34H2,1-7H3/b27-22+,35-32?. The van der Waals surface area contributed by atoms with E-state index >= 15 is 0 Å². The van der Waals surface area contributed by atoms with Crippen molar-refractivity contribution in [1.29, 1.82) is 0 Å². The van der Waals surface area contributed by atoms with Gasteiger partial charge < -0.3 is 20.9 Å². The zero-order valence-electron chi connectivity index (χ0n) is 23.9. The van der Waals surface area contributed by atoms with Gasteiger partial charge in [-0.3, -0.25) is 0 Å². The summed E-state index contributed by atoms with van der Waals surface area (Å²) in [5.41, 5.74) is 21.6. The molecule has 38 heavy (non-hydrogen) atoms. The second-order valence-corrected chi connectivity index (χ2v) is 10.8. The summed E-state index contributed by atoms with van der Waals surface area (Å²) >= 11 is 1.42. The van der Waals surface area contributed by atoms with Crippen LogP contribution in [0, 0.1) is 11.8 Å². The number of nitrogens with two attached hydrogens (primary N) is 2. The van der Waals surface area contributed by atoms with E-state index < -0.39 is 0 Å². The molecule has 0 spiro atoms. The largest absolute Gasteiger partial charge is 0.493 e. The van der Waals surface area contributed by atoms with Crippen molar-refractivity contribution in [1.82, 2.24) is 0 Å². The first kappa shape index (κ1) is 29.4. The molecule has 1 aliphatic carbocycles. The average molecular weight is 534 g/mol. The van der Waals surface area contributed by atoms with Crippen LogP contribution in [0.25, 0.3) is 11.1 Å². The number of hydrogen-bond donors (Lipinski definition) is 2. The number of allylic oxidation sites excluding steroid dienone is 4. The van der Waals surface area contributed by atoms with Crippen molar-refractivity contribution in [3.63, 3.8) is 0 Å². The Bertz CT molecular complexity index is 1220. The Morgan fingerprint density at radius 2 is 1.32 bits per heavy atom. The molecule has 0 saturated carbocycles. The van der Waals surface area contributed by atoms with Crippen LogP contribution in [0.5, 0.6) is 11.5 Å². The minimum Gasteiger partial charge on any atom is -0.493 e. The van der Waals surface area contributed by atoms with E-state index in [2.05, 4.69) is 53.7 Å². The van der Waals surface area contributed by atoms with Gasteiger partial charge in [-0.2, -0.15) is 0 Å². The lowest BCUT2D eigenvalue weighted by Gasteiger charge is -2.28. The van der Waals surface area contributed by atoms with E-state index in [-0.39, 0.29) is 0 Å². The first-order valence-electron chi connectivity index (χ1n) is 13.5. The van der Waals surface area contributed by atoms with E-state index in [1.165, 1.54) is 17.5 Å². The molecule has 3 rings (SSSR count). The van der Waals surface area contributed by atoms with E-state index in [0.29, 0.717) is 36.4 Å².